The summed E-state index contributed by atoms with van der Waals surface area (Å²) in [4.78, 5) is 2.79. The average Bonchev–Trinajstić information content (AvgIpc) is 3.00. The van der Waals surface area contributed by atoms with Gasteiger partial charge in [0.05, 0.1) is 0 Å². The molecule has 2 atom stereocenters. The van der Waals surface area contributed by atoms with Crippen LogP contribution in [0.25, 0.3) is 0 Å². The molecule has 17 heavy (non-hydrogen) atoms. The van der Waals surface area contributed by atoms with Crippen LogP contribution in [0.15, 0.2) is 0 Å². The predicted octanol–water partition coefficient (Wildman–Crippen LogP) is 2.78. The molecule has 0 spiro atoms. The van der Waals surface area contributed by atoms with E-state index in [0.717, 1.165) is 12.0 Å². The minimum absolute atomic E-state index is 0.486. The second-order valence-corrected chi connectivity index (χ2v) is 6.67. The van der Waals surface area contributed by atoms with Gasteiger partial charge in [-0.05, 0) is 51.5 Å². The average molecular weight is 236 g/mol. The zero-order valence-electron chi connectivity index (χ0n) is 11.4. The van der Waals surface area contributed by atoms with Crippen molar-refractivity contribution in [2.24, 2.45) is 5.92 Å². The molecule has 2 heteroatoms. The monoisotopic (exact) mass is 236 g/mol. The molecule has 1 heterocycles. The smallest absolute Gasteiger partial charge is 0.0190 e. The number of piperidine rings is 1. The van der Waals surface area contributed by atoms with Crippen LogP contribution >= 0.6 is 0 Å². The molecule has 2 bridgehead atoms. The molecule has 0 amide bonds. The van der Waals surface area contributed by atoms with Crippen molar-refractivity contribution in [3.63, 3.8) is 0 Å². The van der Waals surface area contributed by atoms with Gasteiger partial charge >= 0.3 is 0 Å². The summed E-state index contributed by atoms with van der Waals surface area (Å²) in [5, 5.41) is 3.66. The van der Waals surface area contributed by atoms with Gasteiger partial charge in [-0.3, -0.25) is 0 Å². The van der Waals surface area contributed by atoms with Crippen LogP contribution in [-0.2, 0) is 0 Å². The van der Waals surface area contributed by atoms with Crippen LogP contribution in [0.4, 0.5) is 0 Å². The van der Waals surface area contributed by atoms with Crippen LogP contribution in [-0.4, -0.2) is 36.6 Å². The van der Waals surface area contributed by atoms with Crippen molar-refractivity contribution in [3.8, 4) is 0 Å². The molecular formula is C15H28N2. The van der Waals surface area contributed by atoms with Gasteiger partial charge < -0.3 is 10.2 Å². The van der Waals surface area contributed by atoms with Crippen molar-refractivity contribution in [1.29, 1.82) is 0 Å². The number of nitrogens with one attached hydrogen (secondary N) is 1. The molecule has 0 radical (unpaired) electrons. The third kappa shape index (κ3) is 2.39. The molecule has 3 aliphatic rings. The lowest BCUT2D eigenvalue weighted by atomic mass is 9.79. The minimum Gasteiger partial charge on any atom is -0.314 e. The fourth-order valence-electron chi connectivity index (χ4n) is 4.51. The van der Waals surface area contributed by atoms with E-state index in [4.69, 9.17) is 0 Å². The number of nitrogens with zero attached hydrogens (tertiary/aromatic N) is 1. The van der Waals surface area contributed by atoms with Gasteiger partial charge in [0.2, 0.25) is 0 Å². The third-order valence-electron chi connectivity index (χ3n) is 5.74. The molecule has 0 aromatic rings. The Morgan fingerprint density at radius 2 is 2.00 bits per heavy atom. The normalized spacial score (nSPS) is 36.5. The molecule has 1 saturated heterocycles. The molecule has 1 aliphatic heterocycles. The van der Waals surface area contributed by atoms with Gasteiger partial charge in [0.25, 0.3) is 0 Å². The van der Waals surface area contributed by atoms with Crippen LogP contribution in [0.5, 0.6) is 0 Å². The Hall–Kier alpha value is -0.0800. The van der Waals surface area contributed by atoms with Crippen molar-refractivity contribution in [2.75, 3.05) is 20.1 Å². The zero-order chi connectivity index (χ0) is 11.7. The second-order valence-electron chi connectivity index (χ2n) is 6.67. The quantitative estimate of drug-likeness (QED) is 0.807. The second kappa shape index (κ2) is 4.89. The van der Waals surface area contributed by atoms with Gasteiger partial charge in [0.1, 0.15) is 0 Å². The summed E-state index contributed by atoms with van der Waals surface area (Å²) in [6, 6.07) is 0.956. The van der Waals surface area contributed by atoms with E-state index < -0.39 is 0 Å². The standard InChI is InChI=1S/C15H28N2/c1-16-15(7-3-2-4-8-15)9-10-17-12-13-5-6-14(17)11-13/h13-14,16H,2-12H2,1H3. The van der Waals surface area contributed by atoms with Crippen LogP contribution in [0.2, 0.25) is 0 Å². The van der Waals surface area contributed by atoms with Gasteiger partial charge in [0, 0.05) is 24.7 Å². The van der Waals surface area contributed by atoms with E-state index in [-0.39, 0.29) is 0 Å². The lowest BCUT2D eigenvalue weighted by Crippen LogP contribution is -2.47. The van der Waals surface area contributed by atoms with E-state index in [1.165, 1.54) is 70.9 Å². The van der Waals surface area contributed by atoms with Crippen LogP contribution in [0.3, 0.4) is 0 Å². The largest absolute Gasteiger partial charge is 0.314 e. The highest BCUT2D eigenvalue weighted by atomic mass is 15.2. The first-order chi connectivity index (χ1) is 8.31. The van der Waals surface area contributed by atoms with Gasteiger partial charge in [-0.2, -0.15) is 0 Å². The summed E-state index contributed by atoms with van der Waals surface area (Å²) < 4.78 is 0. The summed E-state index contributed by atoms with van der Waals surface area (Å²) >= 11 is 0. The van der Waals surface area contributed by atoms with Crippen molar-refractivity contribution in [2.45, 2.75) is 69.4 Å². The Morgan fingerprint density at radius 1 is 1.18 bits per heavy atom. The highest BCUT2D eigenvalue weighted by molar-refractivity contribution is 4.95. The first-order valence-electron chi connectivity index (χ1n) is 7.74. The lowest BCUT2D eigenvalue weighted by Gasteiger charge is -2.39. The lowest BCUT2D eigenvalue weighted by molar-refractivity contribution is 0.158. The highest BCUT2D eigenvalue weighted by Gasteiger charge is 2.39. The van der Waals surface area contributed by atoms with Gasteiger partial charge in [-0.25, -0.2) is 0 Å². The van der Waals surface area contributed by atoms with Crippen LogP contribution in [0.1, 0.15) is 57.8 Å². The number of fused-ring (bicyclic) bond motifs is 2. The summed E-state index contributed by atoms with van der Waals surface area (Å²) in [5.74, 6) is 1.05. The van der Waals surface area contributed by atoms with E-state index in [2.05, 4.69) is 17.3 Å². The Bertz CT molecular complexity index is 258. The maximum Gasteiger partial charge on any atom is 0.0190 e. The van der Waals surface area contributed by atoms with Crippen molar-refractivity contribution >= 4 is 0 Å². The van der Waals surface area contributed by atoms with E-state index in [1.807, 2.05) is 0 Å². The third-order valence-corrected chi connectivity index (χ3v) is 5.74. The molecule has 3 rings (SSSR count). The molecular weight excluding hydrogens is 208 g/mol. The molecule has 2 aliphatic carbocycles. The van der Waals surface area contributed by atoms with Crippen LogP contribution in [0, 0.1) is 5.92 Å². The number of hydrogen-bond acceptors (Lipinski definition) is 2. The summed E-state index contributed by atoms with van der Waals surface area (Å²) in [7, 11) is 2.18. The Labute approximate surface area is 106 Å². The van der Waals surface area contributed by atoms with Crippen molar-refractivity contribution < 1.29 is 0 Å². The molecule has 0 aromatic heterocycles. The van der Waals surface area contributed by atoms with E-state index in [1.54, 1.807) is 0 Å². The predicted molar refractivity (Wildman–Crippen MR) is 72.2 cm³/mol. The Kier molecular flexibility index (Phi) is 3.45. The molecule has 1 N–H and O–H groups in total. The van der Waals surface area contributed by atoms with E-state index in [0.29, 0.717) is 5.54 Å². The van der Waals surface area contributed by atoms with Gasteiger partial charge in [-0.1, -0.05) is 19.3 Å². The van der Waals surface area contributed by atoms with Gasteiger partial charge in [0.15, 0.2) is 0 Å². The Morgan fingerprint density at radius 3 is 2.59 bits per heavy atom. The molecule has 98 valence electrons. The highest BCUT2D eigenvalue weighted by Crippen LogP contribution is 2.38. The first kappa shape index (κ1) is 12.0. The summed E-state index contributed by atoms with van der Waals surface area (Å²) in [5.41, 5.74) is 0.486. The van der Waals surface area contributed by atoms with Crippen LogP contribution < -0.4 is 5.32 Å². The maximum atomic E-state index is 3.66. The summed E-state index contributed by atoms with van der Waals surface area (Å²) in [6.07, 6.45) is 13.0. The van der Waals surface area contributed by atoms with E-state index in [9.17, 15) is 0 Å². The fourth-order valence-corrected chi connectivity index (χ4v) is 4.51. The summed E-state index contributed by atoms with van der Waals surface area (Å²) in [6.45, 7) is 2.76. The Balaban J connectivity index is 1.52. The number of rotatable bonds is 4. The molecule has 2 nitrogen and oxygen atoms in total. The number of hydrogen-bond donors (Lipinski definition) is 1. The van der Waals surface area contributed by atoms with E-state index >= 15 is 0 Å². The van der Waals surface area contributed by atoms with Crippen molar-refractivity contribution in [1.82, 2.24) is 10.2 Å². The number of likely N-dealkylation sites (tertiary alicyclic amines) is 1. The molecule has 3 fully saturated rings. The zero-order valence-corrected chi connectivity index (χ0v) is 11.4. The molecule has 2 unspecified atom stereocenters. The maximum absolute atomic E-state index is 3.66. The molecule has 2 saturated carbocycles. The first-order valence-corrected chi connectivity index (χ1v) is 7.74. The SMILES string of the molecule is CNC1(CCN2CC3CCC2C3)CCCCC1. The minimum atomic E-state index is 0.486. The van der Waals surface area contributed by atoms with Crippen molar-refractivity contribution in [3.05, 3.63) is 0 Å². The topological polar surface area (TPSA) is 15.3 Å². The fraction of sp³-hybridized carbons (Fsp3) is 1.00. The molecule has 0 aromatic carbocycles. The van der Waals surface area contributed by atoms with Gasteiger partial charge in [-0.15, -0.1) is 0 Å².